The molecule has 190 valence electrons. The fraction of sp³-hybridized carbons (Fsp3) is 0.111. The third-order valence-electron chi connectivity index (χ3n) is 6.34. The fourth-order valence-electron chi connectivity index (χ4n) is 4.51. The van der Waals surface area contributed by atoms with E-state index in [2.05, 4.69) is 35.9 Å². The van der Waals surface area contributed by atoms with Gasteiger partial charge in [0.15, 0.2) is 5.82 Å². The molecule has 3 N–H and O–H groups in total. The molecule has 4 aromatic heterocycles. The number of pyridine rings is 2. The van der Waals surface area contributed by atoms with Crippen molar-refractivity contribution in [2.75, 3.05) is 6.26 Å². The summed E-state index contributed by atoms with van der Waals surface area (Å²) >= 11 is 0. The highest BCUT2D eigenvalue weighted by Crippen LogP contribution is 2.33. The Labute approximate surface area is 217 Å². The molecule has 0 saturated carbocycles. The molecule has 0 unspecified atom stereocenters. The lowest BCUT2D eigenvalue weighted by atomic mass is 10.0. The van der Waals surface area contributed by atoms with Crippen molar-refractivity contribution >= 4 is 32.0 Å². The maximum Gasteiger partial charge on any atom is 0.209 e. The molecule has 0 saturated heterocycles. The van der Waals surface area contributed by atoms with Gasteiger partial charge in [0.25, 0.3) is 0 Å². The number of rotatable bonds is 6. The van der Waals surface area contributed by atoms with Gasteiger partial charge < -0.3 is 4.98 Å². The van der Waals surface area contributed by atoms with E-state index in [4.69, 9.17) is 4.98 Å². The second kappa shape index (κ2) is 9.12. The van der Waals surface area contributed by atoms with E-state index in [9.17, 15) is 12.8 Å². The second-order valence-electron chi connectivity index (χ2n) is 9.13. The Hall–Kier alpha value is -4.48. The van der Waals surface area contributed by atoms with E-state index in [0.717, 1.165) is 33.8 Å². The molecule has 0 amide bonds. The fourth-order valence-corrected chi connectivity index (χ4v) is 4.94. The zero-order chi connectivity index (χ0) is 26.4. The molecule has 11 heteroatoms. The largest absolute Gasteiger partial charge is 0.335 e. The van der Waals surface area contributed by atoms with Gasteiger partial charge in [-0.15, -0.1) is 0 Å². The van der Waals surface area contributed by atoms with E-state index in [0.29, 0.717) is 39.2 Å². The lowest BCUT2D eigenvalue weighted by Crippen LogP contribution is -2.21. The molecule has 0 aliphatic rings. The molecule has 0 bridgehead atoms. The van der Waals surface area contributed by atoms with Gasteiger partial charge in [-0.3, -0.25) is 15.1 Å². The van der Waals surface area contributed by atoms with Gasteiger partial charge >= 0.3 is 0 Å². The Morgan fingerprint density at radius 3 is 2.61 bits per heavy atom. The van der Waals surface area contributed by atoms with Crippen molar-refractivity contribution in [2.24, 2.45) is 0 Å². The van der Waals surface area contributed by atoms with Crippen LogP contribution in [0, 0.1) is 12.7 Å². The number of nitrogens with zero attached hydrogens (tertiary/aromatic N) is 4. The number of aryl methyl sites for hydroxylation is 1. The first kappa shape index (κ1) is 23.9. The van der Waals surface area contributed by atoms with Crippen molar-refractivity contribution in [1.82, 2.24) is 34.9 Å². The number of halogens is 1. The van der Waals surface area contributed by atoms with Gasteiger partial charge in [0.05, 0.1) is 29.0 Å². The topological polar surface area (TPSA) is 129 Å². The molecular weight excluding hydrogens is 505 g/mol. The number of benzene rings is 2. The number of nitrogens with one attached hydrogen (secondary N) is 3. The predicted octanol–water partition coefficient (Wildman–Crippen LogP) is 4.73. The third-order valence-corrected chi connectivity index (χ3v) is 7.01. The van der Waals surface area contributed by atoms with Crippen LogP contribution in [0.1, 0.15) is 11.1 Å². The standard InChI is InChI=1S/C27H22FN7O2S/c1-15-5-6-29-12-21(15)17-3-4-23-20(10-17)26(35-34-23)27-32-24-14-30-13-22(25(24)33-27)18-7-16(8-19(28)9-18)11-31-38(2,36)37/h3-10,12-14,31H,11H2,1-2H3,(H,32,33)(H,34,35). The van der Waals surface area contributed by atoms with E-state index < -0.39 is 15.8 Å². The van der Waals surface area contributed by atoms with Crippen LogP contribution in [-0.2, 0) is 16.6 Å². The minimum absolute atomic E-state index is 0.0309. The van der Waals surface area contributed by atoms with Crippen LogP contribution >= 0.6 is 0 Å². The molecule has 0 spiro atoms. The minimum Gasteiger partial charge on any atom is -0.335 e. The molecular formula is C27H22FN7O2S. The zero-order valence-electron chi connectivity index (χ0n) is 20.4. The summed E-state index contributed by atoms with van der Waals surface area (Å²) in [6.07, 6.45) is 7.93. The Balaban J connectivity index is 1.44. The molecule has 0 radical (unpaired) electrons. The predicted molar refractivity (Wildman–Crippen MR) is 144 cm³/mol. The van der Waals surface area contributed by atoms with Gasteiger partial charge in [-0.2, -0.15) is 5.10 Å². The number of imidazole rings is 1. The highest BCUT2D eigenvalue weighted by Gasteiger charge is 2.17. The Bertz CT molecular complexity index is 1950. The summed E-state index contributed by atoms with van der Waals surface area (Å²) in [5.74, 6) is 0.0491. The van der Waals surface area contributed by atoms with Gasteiger partial charge in [-0.25, -0.2) is 22.5 Å². The number of sulfonamides is 1. The normalized spacial score (nSPS) is 12.0. The van der Waals surface area contributed by atoms with Crippen molar-refractivity contribution in [3.8, 4) is 33.8 Å². The first-order valence-electron chi connectivity index (χ1n) is 11.7. The molecule has 6 aromatic rings. The van der Waals surface area contributed by atoms with Crippen LogP contribution in [0.25, 0.3) is 55.7 Å². The first-order chi connectivity index (χ1) is 18.2. The first-order valence-corrected chi connectivity index (χ1v) is 13.6. The van der Waals surface area contributed by atoms with Crippen LogP contribution in [-0.4, -0.2) is 44.8 Å². The Morgan fingerprint density at radius 1 is 0.947 bits per heavy atom. The number of hydrogen-bond donors (Lipinski definition) is 3. The molecule has 0 fully saturated rings. The summed E-state index contributed by atoms with van der Waals surface area (Å²) in [5, 5.41) is 8.47. The summed E-state index contributed by atoms with van der Waals surface area (Å²) in [4.78, 5) is 16.7. The molecule has 0 aliphatic carbocycles. The highest BCUT2D eigenvalue weighted by atomic mass is 32.2. The molecule has 38 heavy (non-hydrogen) atoms. The molecule has 0 aliphatic heterocycles. The van der Waals surface area contributed by atoms with Crippen molar-refractivity contribution in [1.29, 1.82) is 0 Å². The highest BCUT2D eigenvalue weighted by molar-refractivity contribution is 7.88. The van der Waals surface area contributed by atoms with Crippen LogP contribution in [0.15, 0.2) is 67.3 Å². The van der Waals surface area contributed by atoms with Crippen LogP contribution in [0.2, 0.25) is 0 Å². The molecule has 2 aromatic carbocycles. The van der Waals surface area contributed by atoms with E-state index in [1.54, 1.807) is 24.7 Å². The second-order valence-corrected chi connectivity index (χ2v) is 11.0. The average Bonchev–Trinajstić information content (AvgIpc) is 3.50. The molecule has 4 heterocycles. The summed E-state index contributed by atoms with van der Waals surface area (Å²) < 4.78 is 39.9. The smallest absolute Gasteiger partial charge is 0.209 e. The van der Waals surface area contributed by atoms with Crippen molar-refractivity contribution in [3.05, 3.63) is 84.2 Å². The summed E-state index contributed by atoms with van der Waals surface area (Å²) in [7, 11) is -3.43. The average molecular weight is 528 g/mol. The Kier molecular flexibility index (Phi) is 5.73. The third kappa shape index (κ3) is 4.53. The van der Waals surface area contributed by atoms with Gasteiger partial charge in [-0.1, -0.05) is 6.07 Å². The summed E-state index contributed by atoms with van der Waals surface area (Å²) in [6, 6.07) is 12.4. The molecule has 0 atom stereocenters. The maximum atomic E-state index is 14.5. The molecule has 6 rings (SSSR count). The SMILES string of the molecule is Cc1ccncc1-c1ccc2[nH]nc(-c3nc4c(-c5cc(F)cc(CNS(C)(=O)=O)c5)cncc4[nH]3)c2c1. The summed E-state index contributed by atoms with van der Waals surface area (Å²) in [5.41, 5.74) is 7.54. The number of aromatic amines is 2. The van der Waals surface area contributed by atoms with E-state index >= 15 is 0 Å². The van der Waals surface area contributed by atoms with Gasteiger partial charge in [-0.05, 0) is 65.6 Å². The zero-order valence-corrected chi connectivity index (χ0v) is 21.3. The van der Waals surface area contributed by atoms with E-state index in [-0.39, 0.29) is 6.54 Å². The monoisotopic (exact) mass is 527 g/mol. The number of H-pyrrole nitrogens is 2. The van der Waals surface area contributed by atoms with Crippen LogP contribution in [0.5, 0.6) is 0 Å². The lowest BCUT2D eigenvalue weighted by Gasteiger charge is -2.07. The quantitative estimate of drug-likeness (QED) is 0.287. The minimum atomic E-state index is -3.43. The maximum absolute atomic E-state index is 14.5. The summed E-state index contributed by atoms with van der Waals surface area (Å²) in [6.45, 7) is 2.01. The Morgan fingerprint density at radius 2 is 1.79 bits per heavy atom. The number of fused-ring (bicyclic) bond motifs is 2. The van der Waals surface area contributed by atoms with Gasteiger partial charge in [0, 0.05) is 41.6 Å². The van der Waals surface area contributed by atoms with Crippen LogP contribution < -0.4 is 4.72 Å². The van der Waals surface area contributed by atoms with Crippen LogP contribution in [0.4, 0.5) is 4.39 Å². The van der Waals surface area contributed by atoms with Crippen molar-refractivity contribution in [3.63, 3.8) is 0 Å². The van der Waals surface area contributed by atoms with Crippen molar-refractivity contribution in [2.45, 2.75) is 13.5 Å². The van der Waals surface area contributed by atoms with Crippen molar-refractivity contribution < 1.29 is 12.8 Å². The van der Waals surface area contributed by atoms with Gasteiger partial charge in [0.1, 0.15) is 11.5 Å². The number of hydrogen-bond acceptors (Lipinski definition) is 6. The van der Waals surface area contributed by atoms with E-state index in [1.165, 1.54) is 12.1 Å². The van der Waals surface area contributed by atoms with E-state index in [1.807, 2.05) is 31.3 Å². The molecule has 9 nitrogen and oxygen atoms in total. The number of aromatic nitrogens is 6. The van der Waals surface area contributed by atoms with Crippen LogP contribution in [0.3, 0.4) is 0 Å². The lowest BCUT2D eigenvalue weighted by molar-refractivity contribution is 0.586. The van der Waals surface area contributed by atoms with Gasteiger partial charge in [0.2, 0.25) is 10.0 Å².